The molecule has 0 saturated carbocycles. The number of amides is 1. The maximum atomic E-state index is 12.5. The van der Waals surface area contributed by atoms with Crippen LogP contribution < -0.4 is 19.9 Å². The highest BCUT2D eigenvalue weighted by Crippen LogP contribution is 2.37. The Morgan fingerprint density at radius 2 is 1.79 bits per heavy atom. The van der Waals surface area contributed by atoms with E-state index >= 15 is 0 Å². The normalized spacial score (nSPS) is 13.2. The molecule has 0 radical (unpaired) electrons. The molecule has 2 aromatic carbocycles. The van der Waals surface area contributed by atoms with E-state index in [-0.39, 0.29) is 10.8 Å². The number of hydrogen-bond donors (Lipinski definition) is 2. The van der Waals surface area contributed by atoms with Gasteiger partial charge in [-0.25, -0.2) is 13.6 Å². The third-order valence-electron chi connectivity index (χ3n) is 4.08. The number of nitrogens with one attached hydrogen (secondary N) is 1. The van der Waals surface area contributed by atoms with Crippen LogP contribution in [0.25, 0.3) is 10.4 Å². The minimum atomic E-state index is -3.84. The Hall–Kier alpha value is -2.88. The summed E-state index contributed by atoms with van der Waals surface area (Å²) in [4.78, 5) is 13.9. The third-order valence-corrected chi connectivity index (χ3v) is 6.12. The molecule has 144 valence electrons. The first-order chi connectivity index (χ1) is 13.4. The fourth-order valence-corrected chi connectivity index (χ4v) is 4.21. The predicted octanol–water partition coefficient (Wildman–Crippen LogP) is 3.09. The summed E-state index contributed by atoms with van der Waals surface area (Å²) < 4.78 is 34.0. The third kappa shape index (κ3) is 3.86. The number of nitrogens with two attached hydrogens (primary N) is 1. The highest BCUT2D eigenvalue weighted by atomic mass is 32.2. The van der Waals surface area contributed by atoms with Crippen LogP contribution in [0.1, 0.15) is 9.67 Å². The van der Waals surface area contributed by atoms with E-state index in [0.717, 1.165) is 10.4 Å². The highest BCUT2D eigenvalue weighted by molar-refractivity contribution is 7.89. The van der Waals surface area contributed by atoms with Crippen LogP contribution in [-0.2, 0) is 10.0 Å². The number of carbonyl (C=O) groups is 1. The van der Waals surface area contributed by atoms with Gasteiger partial charge in [0.05, 0.1) is 9.77 Å². The van der Waals surface area contributed by atoms with Gasteiger partial charge in [0.15, 0.2) is 11.5 Å². The Labute approximate surface area is 165 Å². The topological polar surface area (TPSA) is 108 Å². The van der Waals surface area contributed by atoms with Crippen molar-refractivity contribution in [1.29, 1.82) is 0 Å². The summed E-state index contributed by atoms with van der Waals surface area (Å²) in [6.07, 6.45) is 0. The average Bonchev–Trinajstić information content (AvgIpc) is 3.17. The molecule has 1 aromatic heterocycles. The molecule has 1 aliphatic rings. The van der Waals surface area contributed by atoms with Gasteiger partial charge < -0.3 is 14.8 Å². The van der Waals surface area contributed by atoms with Crippen molar-refractivity contribution >= 4 is 33.0 Å². The molecule has 9 heteroatoms. The largest absolute Gasteiger partial charge is 0.486 e. The zero-order valence-corrected chi connectivity index (χ0v) is 16.2. The number of fused-ring (bicyclic) bond motifs is 1. The van der Waals surface area contributed by atoms with Crippen LogP contribution in [0, 0.1) is 0 Å². The van der Waals surface area contributed by atoms with Gasteiger partial charge in [0.2, 0.25) is 10.0 Å². The molecule has 1 aliphatic heterocycles. The molecule has 3 aromatic rings. The van der Waals surface area contributed by atoms with Gasteiger partial charge >= 0.3 is 0 Å². The lowest BCUT2D eigenvalue weighted by Crippen LogP contribution is -2.15. The SMILES string of the molecule is NS(=O)(=O)c1cccc(NC(=O)c2ccc(-c3ccc4c(c3)OCCO4)s2)c1. The van der Waals surface area contributed by atoms with Gasteiger partial charge in [-0.2, -0.15) is 0 Å². The first-order valence-electron chi connectivity index (χ1n) is 8.34. The molecule has 0 spiro atoms. The lowest BCUT2D eigenvalue weighted by atomic mass is 10.1. The van der Waals surface area contributed by atoms with E-state index in [4.69, 9.17) is 14.6 Å². The second-order valence-corrected chi connectivity index (χ2v) is 8.69. The van der Waals surface area contributed by atoms with E-state index in [1.54, 1.807) is 12.1 Å². The number of anilines is 1. The highest BCUT2D eigenvalue weighted by Gasteiger charge is 2.16. The Balaban J connectivity index is 1.54. The molecule has 0 fully saturated rings. The van der Waals surface area contributed by atoms with Crippen LogP contribution >= 0.6 is 11.3 Å². The van der Waals surface area contributed by atoms with Gasteiger partial charge in [-0.15, -0.1) is 11.3 Å². The summed E-state index contributed by atoms with van der Waals surface area (Å²) in [5, 5.41) is 7.82. The maximum absolute atomic E-state index is 12.5. The van der Waals surface area contributed by atoms with Crippen LogP contribution in [0.15, 0.2) is 59.5 Å². The second-order valence-electron chi connectivity index (χ2n) is 6.05. The molecule has 28 heavy (non-hydrogen) atoms. The number of carbonyl (C=O) groups excluding carboxylic acids is 1. The number of benzene rings is 2. The molecule has 0 unspecified atom stereocenters. The molecule has 0 atom stereocenters. The summed E-state index contributed by atoms with van der Waals surface area (Å²) in [5.41, 5.74) is 1.27. The Morgan fingerprint density at radius 3 is 2.57 bits per heavy atom. The van der Waals surface area contributed by atoms with Crippen molar-refractivity contribution < 1.29 is 22.7 Å². The molecule has 0 saturated heterocycles. The zero-order chi connectivity index (χ0) is 19.7. The van der Waals surface area contributed by atoms with Crippen molar-refractivity contribution in [3.05, 3.63) is 59.5 Å². The summed E-state index contributed by atoms with van der Waals surface area (Å²) in [5.74, 6) is 1.06. The van der Waals surface area contributed by atoms with Crippen molar-refractivity contribution in [3.8, 4) is 21.9 Å². The predicted molar refractivity (Wildman–Crippen MR) is 107 cm³/mol. The molecule has 3 N–H and O–H groups in total. The van der Waals surface area contributed by atoms with Gasteiger partial charge in [-0.3, -0.25) is 4.79 Å². The van der Waals surface area contributed by atoms with Crippen molar-refractivity contribution in [2.75, 3.05) is 18.5 Å². The van der Waals surface area contributed by atoms with Crippen molar-refractivity contribution in [2.45, 2.75) is 4.90 Å². The van der Waals surface area contributed by atoms with Crippen LogP contribution in [-0.4, -0.2) is 27.5 Å². The smallest absolute Gasteiger partial charge is 0.265 e. The Kier molecular flexibility index (Phi) is 4.80. The zero-order valence-electron chi connectivity index (χ0n) is 14.5. The molecular formula is C19H16N2O5S2. The van der Waals surface area contributed by atoms with E-state index in [1.165, 1.54) is 29.5 Å². The quantitative estimate of drug-likeness (QED) is 0.680. The standard InChI is InChI=1S/C19H16N2O5S2/c20-28(23,24)14-3-1-2-13(11-14)21-19(22)18-7-6-17(27-18)12-4-5-15-16(10-12)26-9-8-25-15/h1-7,10-11H,8-9H2,(H,21,22)(H2,20,23,24). The number of rotatable bonds is 4. The molecule has 0 aliphatic carbocycles. The monoisotopic (exact) mass is 416 g/mol. The molecule has 0 bridgehead atoms. The average molecular weight is 416 g/mol. The number of thiophene rings is 1. The number of sulfonamides is 1. The van der Waals surface area contributed by atoms with Crippen LogP contribution in [0.3, 0.4) is 0 Å². The summed E-state index contributed by atoms with van der Waals surface area (Å²) in [7, 11) is -3.84. The molecule has 7 nitrogen and oxygen atoms in total. The van der Waals surface area contributed by atoms with Gasteiger partial charge in [0.25, 0.3) is 5.91 Å². The molecular weight excluding hydrogens is 400 g/mol. The van der Waals surface area contributed by atoms with E-state index in [9.17, 15) is 13.2 Å². The van der Waals surface area contributed by atoms with Gasteiger partial charge in [0, 0.05) is 10.6 Å². The van der Waals surface area contributed by atoms with Gasteiger partial charge in [-0.05, 0) is 54.1 Å². The number of hydrogen-bond acceptors (Lipinski definition) is 6. The first-order valence-corrected chi connectivity index (χ1v) is 10.7. The van der Waals surface area contributed by atoms with Crippen molar-refractivity contribution in [1.82, 2.24) is 0 Å². The molecule has 2 heterocycles. The lowest BCUT2D eigenvalue weighted by molar-refractivity contribution is 0.103. The molecule has 4 rings (SSSR count). The number of ether oxygens (including phenoxy) is 2. The van der Waals surface area contributed by atoms with Crippen LogP contribution in [0.4, 0.5) is 5.69 Å². The minimum Gasteiger partial charge on any atom is -0.486 e. The maximum Gasteiger partial charge on any atom is 0.265 e. The summed E-state index contributed by atoms with van der Waals surface area (Å²) >= 11 is 1.32. The lowest BCUT2D eigenvalue weighted by Gasteiger charge is -2.18. The minimum absolute atomic E-state index is 0.0616. The summed E-state index contributed by atoms with van der Waals surface area (Å²) in [6, 6.07) is 15.0. The first kappa shape index (κ1) is 18.5. The Bertz CT molecular complexity index is 1150. The van der Waals surface area contributed by atoms with Crippen molar-refractivity contribution in [2.24, 2.45) is 5.14 Å². The summed E-state index contributed by atoms with van der Waals surface area (Å²) in [6.45, 7) is 1.04. The molecule has 1 amide bonds. The Morgan fingerprint density at radius 1 is 1.00 bits per heavy atom. The van der Waals surface area contributed by atoms with E-state index in [1.807, 2.05) is 24.3 Å². The number of primary sulfonamides is 1. The van der Waals surface area contributed by atoms with E-state index in [2.05, 4.69) is 5.32 Å². The van der Waals surface area contributed by atoms with Crippen LogP contribution in [0.2, 0.25) is 0 Å². The fraction of sp³-hybridized carbons (Fsp3) is 0.105. The van der Waals surface area contributed by atoms with Crippen molar-refractivity contribution in [3.63, 3.8) is 0 Å². The van der Waals surface area contributed by atoms with Gasteiger partial charge in [-0.1, -0.05) is 6.07 Å². The van der Waals surface area contributed by atoms with E-state index < -0.39 is 10.0 Å². The second kappa shape index (κ2) is 7.27. The fourth-order valence-electron chi connectivity index (χ4n) is 2.76. The van der Waals surface area contributed by atoms with E-state index in [0.29, 0.717) is 35.3 Å². The van der Waals surface area contributed by atoms with Gasteiger partial charge in [0.1, 0.15) is 13.2 Å². The van der Waals surface area contributed by atoms with Crippen LogP contribution in [0.5, 0.6) is 11.5 Å².